The summed E-state index contributed by atoms with van der Waals surface area (Å²) in [6.07, 6.45) is 0. The second-order valence-corrected chi connectivity index (χ2v) is 11.0. The van der Waals surface area contributed by atoms with Gasteiger partial charge >= 0.3 is 0 Å². The first-order valence-electron chi connectivity index (χ1n) is 13.1. The Bertz CT molecular complexity index is 1860. The SMILES string of the molecule is O=[N+]([O-])c1ccc(-c2cc3ccccc3c(-c3c(CBr)c(-c4ccc([N+](=O)[O-])cc4)cc4ccccc34)c2CBr)cc1. The van der Waals surface area contributed by atoms with Gasteiger partial charge in [-0.15, -0.1) is 0 Å². The molecule has 0 bridgehead atoms. The van der Waals surface area contributed by atoms with Gasteiger partial charge in [0.25, 0.3) is 11.4 Å². The summed E-state index contributed by atoms with van der Waals surface area (Å²) in [4.78, 5) is 21.9. The Morgan fingerprint density at radius 1 is 0.524 bits per heavy atom. The fourth-order valence-electron chi connectivity index (χ4n) is 5.67. The lowest BCUT2D eigenvalue weighted by Crippen LogP contribution is -2.00. The molecule has 0 atom stereocenters. The minimum atomic E-state index is -0.390. The van der Waals surface area contributed by atoms with Crippen LogP contribution < -0.4 is 0 Å². The molecule has 8 heteroatoms. The van der Waals surface area contributed by atoms with E-state index in [2.05, 4.69) is 68.3 Å². The van der Waals surface area contributed by atoms with Gasteiger partial charge in [-0.3, -0.25) is 20.2 Å². The van der Waals surface area contributed by atoms with Crippen LogP contribution in [0.1, 0.15) is 11.1 Å². The lowest BCUT2D eigenvalue weighted by Gasteiger charge is -2.23. The van der Waals surface area contributed by atoms with E-state index < -0.39 is 0 Å². The number of nitro benzene ring substituents is 2. The molecule has 42 heavy (non-hydrogen) atoms. The summed E-state index contributed by atoms with van der Waals surface area (Å²) in [6.45, 7) is 0. The summed E-state index contributed by atoms with van der Waals surface area (Å²) >= 11 is 7.58. The van der Waals surface area contributed by atoms with Gasteiger partial charge in [0.2, 0.25) is 0 Å². The van der Waals surface area contributed by atoms with Gasteiger partial charge in [0.15, 0.2) is 0 Å². The van der Waals surface area contributed by atoms with Crippen LogP contribution >= 0.6 is 31.9 Å². The predicted molar refractivity (Wildman–Crippen MR) is 176 cm³/mol. The Kier molecular flexibility index (Phi) is 7.58. The molecule has 6 aromatic carbocycles. The van der Waals surface area contributed by atoms with E-state index in [1.807, 2.05) is 24.3 Å². The molecule has 0 amide bonds. The molecule has 0 spiro atoms. The van der Waals surface area contributed by atoms with Crippen molar-refractivity contribution < 1.29 is 9.85 Å². The average Bonchev–Trinajstić information content (AvgIpc) is 3.03. The van der Waals surface area contributed by atoms with Crippen LogP contribution in [0, 0.1) is 20.2 Å². The Morgan fingerprint density at radius 2 is 0.881 bits per heavy atom. The first kappa shape index (κ1) is 27.8. The Morgan fingerprint density at radius 3 is 1.21 bits per heavy atom. The van der Waals surface area contributed by atoms with Crippen LogP contribution in [0.25, 0.3) is 54.9 Å². The van der Waals surface area contributed by atoms with Gasteiger partial charge in [-0.2, -0.15) is 0 Å². The fourth-order valence-corrected chi connectivity index (χ4v) is 6.83. The van der Waals surface area contributed by atoms with Crippen LogP contribution in [0.2, 0.25) is 0 Å². The van der Waals surface area contributed by atoms with Crippen molar-refractivity contribution in [3.8, 4) is 33.4 Å². The van der Waals surface area contributed by atoms with Gasteiger partial charge in [0.1, 0.15) is 0 Å². The number of alkyl halides is 2. The van der Waals surface area contributed by atoms with Crippen molar-refractivity contribution in [2.75, 3.05) is 0 Å². The second kappa shape index (κ2) is 11.5. The number of nitrogens with zero attached hydrogens (tertiary/aromatic N) is 2. The lowest BCUT2D eigenvalue weighted by molar-refractivity contribution is -0.385. The Labute approximate surface area is 258 Å². The zero-order valence-electron chi connectivity index (χ0n) is 22.1. The third-order valence-corrected chi connectivity index (χ3v) is 8.73. The maximum absolute atomic E-state index is 11.3. The van der Waals surface area contributed by atoms with Gasteiger partial charge in [-0.05, 0) is 102 Å². The summed E-state index contributed by atoms with van der Waals surface area (Å²) in [5, 5.41) is 28.1. The molecule has 0 aromatic heterocycles. The number of halogens is 2. The van der Waals surface area contributed by atoms with Crippen LogP contribution in [0.4, 0.5) is 11.4 Å². The molecule has 0 aliphatic carbocycles. The zero-order valence-corrected chi connectivity index (χ0v) is 25.3. The van der Waals surface area contributed by atoms with E-state index in [1.165, 1.54) is 24.3 Å². The highest BCUT2D eigenvalue weighted by atomic mass is 79.9. The number of benzene rings is 6. The Hall–Kier alpha value is -4.40. The van der Waals surface area contributed by atoms with Crippen molar-refractivity contribution in [2.45, 2.75) is 10.7 Å². The molecular weight excluding hydrogens is 660 g/mol. The van der Waals surface area contributed by atoms with Gasteiger partial charge in [0, 0.05) is 34.9 Å². The summed E-state index contributed by atoms with van der Waals surface area (Å²) in [5.74, 6) is 0. The van der Waals surface area contributed by atoms with Crippen molar-refractivity contribution in [3.63, 3.8) is 0 Å². The third-order valence-electron chi connectivity index (χ3n) is 7.61. The molecule has 0 N–H and O–H groups in total. The molecule has 0 saturated heterocycles. The molecule has 0 heterocycles. The number of non-ortho nitro benzene ring substituents is 2. The first-order chi connectivity index (χ1) is 20.4. The van der Waals surface area contributed by atoms with E-state index in [1.54, 1.807) is 24.3 Å². The minimum Gasteiger partial charge on any atom is -0.258 e. The van der Waals surface area contributed by atoms with E-state index in [4.69, 9.17) is 0 Å². The summed E-state index contributed by atoms with van der Waals surface area (Å²) < 4.78 is 0. The second-order valence-electron chi connectivity index (χ2n) is 9.87. The summed E-state index contributed by atoms with van der Waals surface area (Å²) in [5.41, 5.74) is 8.12. The average molecular weight is 682 g/mol. The number of hydrogen-bond donors (Lipinski definition) is 0. The van der Waals surface area contributed by atoms with Crippen molar-refractivity contribution in [1.29, 1.82) is 0 Å². The summed E-state index contributed by atoms with van der Waals surface area (Å²) in [7, 11) is 0. The van der Waals surface area contributed by atoms with Gasteiger partial charge in [-0.1, -0.05) is 80.4 Å². The highest BCUT2D eigenvalue weighted by Crippen LogP contribution is 2.47. The molecule has 0 fully saturated rings. The number of rotatable bonds is 7. The molecule has 0 aliphatic rings. The van der Waals surface area contributed by atoms with Crippen LogP contribution in [-0.4, -0.2) is 9.85 Å². The molecule has 0 radical (unpaired) electrons. The first-order valence-corrected chi connectivity index (χ1v) is 15.4. The van der Waals surface area contributed by atoms with Crippen molar-refractivity contribution >= 4 is 64.8 Å². The number of nitro groups is 2. The van der Waals surface area contributed by atoms with Gasteiger partial charge < -0.3 is 0 Å². The smallest absolute Gasteiger partial charge is 0.258 e. The van der Waals surface area contributed by atoms with E-state index in [9.17, 15) is 20.2 Å². The van der Waals surface area contributed by atoms with E-state index >= 15 is 0 Å². The molecular formula is C34H22Br2N2O4. The van der Waals surface area contributed by atoms with E-state index in [0.717, 1.165) is 66.1 Å². The van der Waals surface area contributed by atoms with Crippen molar-refractivity contribution in [3.05, 3.63) is 141 Å². The Balaban J connectivity index is 1.73. The third kappa shape index (κ3) is 4.86. The largest absolute Gasteiger partial charge is 0.269 e. The quantitative estimate of drug-likeness (QED) is 0.0953. The molecule has 0 unspecified atom stereocenters. The maximum Gasteiger partial charge on any atom is 0.269 e. The summed E-state index contributed by atoms with van der Waals surface area (Å²) in [6, 6.07) is 34.2. The van der Waals surface area contributed by atoms with Crippen LogP contribution in [0.5, 0.6) is 0 Å². The molecule has 6 aromatic rings. The number of fused-ring (bicyclic) bond motifs is 2. The minimum absolute atomic E-state index is 0.0449. The fraction of sp³-hybridized carbons (Fsp3) is 0.0588. The maximum atomic E-state index is 11.3. The van der Waals surface area contributed by atoms with Gasteiger partial charge in [0.05, 0.1) is 9.85 Å². The topological polar surface area (TPSA) is 86.3 Å². The van der Waals surface area contributed by atoms with Crippen molar-refractivity contribution in [2.24, 2.45) is 0 Å². The van der Waals surface area contributed by atoms with Gasteiger partial charge in [-0.25, -0.2) is 0 Å². The number of hydrogen-bond acceptors (Lipinski definition) is 4. The monoisotopic (exact) mass is 680 g/mol. The lowest BCUT2D eigenvalue weighted by atomic mass is 9.82. The van der Waals surface area contributed by atoms with Crippen molar-refractivity contribution in [1.82, 2.24) is 0 Å². The molecule has 6 rings (SSSR count). The molecule has 0 saturated carbocycles. The standard InChI is InChI=1S/C34H22Br2N2O4/c35-19-31-29(21-9-13-25(14-10-21)37(39)40)17-23-5-1-3-7-27(23)33(31)34-28-8-4-2-6-24(28)18-30(32(34)20-36)22-11-15-26(16-12-22)38(41)42/h1-18H,19-20H2. The predicted octanol–water partition coefficient (Wildman–Crippen LogP) is 10.6. The highest BCUT2D eigenvalue weighted by Gasteiger charge is 2.23. The van der Waals surface area contributed by atoms with Crippen LogP contribution in [0.15, 0.2) is 109 Å². The van der Waals surface area contributed by atoms with E-state index in [-0.39, 0.29) is 21.2 Å². The van der Waals surface area contributed by atoms with Crippen LogP contribution in [0.3, 0.4) is 0 Å². The normalized spacial score (nSPS) is 11.2. The molecule has 6 nitrogen and oxygen atoms in total. The van der Waals surface area contributed by atoms with Crippen LogP contribution in [-0.2, 0) is 10.7 Å². The highest BCUT2D eigenvalue weighted by molar-refractivity contribution is 9.08. The molecule has 0 aliphatic heterocycles. The zero-order chi connectivity index (χ0) is 29.4. The van der Waals surface area contributed by atoms with E-state index in [0.29, 0.717) is 10.7 Å². The molecule has 206 valence electrons.